The molecule has 112 heavy (non-hydrogen) atoms. The van der Waals surface area contributed by atoms with Crippen LogP contribution in [0.25, 0.3) is 212 Å². The van der Waals surface area contributed by atoms with E-state index in [1.807, 2.05) is 140 Å². The van der Waals surface area contributed by atoms with Gasteiger partial charge >= 0.3 is 0 Å². The summed E-state index contributed by atoms with van der Waals surface area (Å²) in [6.45, 7) is 0. The third kappa shape index (κ3) is 11.6. The predicted molar refractivity (Wildman–Crippen MR) is 457 cm³/mol. The molecular weight excluding hydrogens is 1370 g/mol. The summed E-state index contributed by atoms with van der Waals surface area (Å²) in [6, 6.07) is 135. The summed E-state index contributed by atoms with van der Waals surface area (Å²) in [5.74, 6) is 3.82. The summed E-state index contributed by atoms with van der Waals surface area (Å²) < 4.78 is 18.0. The van der Waals surface area contributed by atoms with Crippen LogP contribution < -0.4 is 0 Å². The van der Waals surface area contributed by atoms with E-state index in [1.165, 1.54) is 32.7 Å². The second-order valence-corrected chi connectivity index (χ2v) is 28.0. The Morgan fingerprint density at radius 3 is 0.920 bits per heavy atom. The molecule has 0 saturated carbocycles. The number of rotatable bonds is 12. The van der Waals surface area contributed by atoms with Gasteiger partial charge in [0.25, 0.3) is 0 Å². The Balaban J connectivity index is 0.000000141. The normalized spacial score (nSPS) is 11.6. The van der Waals surface area contributed by atoms with Crippen molar-refractivity contribution in [3.63, 3.8) is 0 Å². The van der Waals surface area contributed by atoms with Gasteiger partial charge in [-0.05, 0) is 113 Å². The lowest BCUT2D eigenvalue weighted by Gasteiger charge is -2.11. The Labute approximate surface area is 643 Å². The van der Waals surface area contributed by atoms with Gasteiger partial charge in [0.2, 0.25) is 0 Å². The number of aromatic nitrogens is 8. The Bertz CT molecular complexity index is 7210. The third-order valence-electron chi connectivity index (χ3n) is 21.3. The van der Waals surface area contributed by atoms with Crippen molar-refractivity contribution < 1.29 is 8.83 Å². The third-order valence-corrected chi connectivity index (χ3v) is 21.3. The topological polar surface area (TPSA) is 113 Å². The number of furan rings is 2. The Kier molecular flexibility index (Phi) is 16.0. The minimum atomic E-state index is 0.625. The Morgan fingerprint density at radius 2 is 0.473 bits per heavy atom. The van der Waals surface area contributed by atoms with Crippen LogP contribution in [-0.2, 0) is 0 Å². The molecule has 0 bridgehead atoms. The number of benzene rings is 16. The van der Waals surface area contributed by atoms with Gasteiger partial charge < -0.3 is 18.0 Å². The smallest absolute Gasteiger partial charge is 0.164 e. The van der Waals surface area contributed by atoms with Crippen LogP contribution in [0.2, 0.25) is 0 Å². The zero-order valence-corrected chi connectivity index (χ0v) is 60.3. The van der Waals surface area contributed by atoms with E-state index in [1.54, 1.807) is 0 Å². The molecule has 0 aliphatic carbocycles. The number of para-hydroxylation sites is 5. The van der Waals surface area contributed by atoms with Gasteiger partial charge in [-0.2, -0.15) is 0 Å². The SMILES string of the molecule is c1ccc(-c2ccc3c(c2)c2ccc(-c4cccc5c4oc4ccccc45)cc2n3-c2ccc(-c3nc(-c4ccccc4)nc(-c4ccccc4)n3)cc2)cc1.c1ccc(-c2nc(-c3ccccc3)nc(-c3ccc(-n4c5ccccc5c5ccc(-c6cccc7c6oc6c(-c8ccccc8)cccc67)cc54)cc3)n2)cc1. The van der Waals surface area contributed by atoms with Crippen LogP contribution in [0.5, 0.6) is 0 Å². The van der Waals surface area contributed by atoms with Gasteiger partial charge in [-0.3, -0.25) is 0 Å². The van der Waals surface area contributed by atoms with Crippen molar-refractivity contribution in [2.75, 3.05) is 0 Å². The zero-order chi connectivity index (χ0) is 74.0. The molecular formula is C102H64N8O2. The molecule has 6 aromatic heterocycles. The summed E-state index contributed by atoms with van der Waals surface area (Å²) in [5.41, 5.74) is 24.7. The average molecular weight is 1430 g/mol. The molecule has 0 unspecified atom stereocenters. The second-order valence-electron chi connectivity index (χ2n) is 28.0. The summed E-state index contributed by atoms with van der Waals surface area (Å²) in [4.78, 5) is 29.6. The summed E-state index contributed by atoms with van der Waals surface area (Å²) in [6.07, 6.45) is 0. The van der Waals surface area contributed by atoms with Gasteiger partial charge in [0, 0.05) is 105 Å². The molecule has 16 aromatic carbocycles. The molecule has 22 rings (SSSR count). The molecule has 0 fully saturated rings. The molecule has 0 aliphatic heterocycles. The maximum absolute atomic E-state index is 6.81. The van der Waals surface area contributed by atoms with E-state index in [0.29, 0.717) is 34.9 Å². The van der Waals surface area contributed by atoms with E-state index in [0.717, 1.165) is 144 Å². The summed E-state index contributed by atoms with van der Waals surface area (Å²) in [5, 5.41) is 9.22. The Hall–Kier alpha value is -15.3. The van der Waals surface area contributed by atoms with Gasteiger partial charge in [-0.15, -0.1) is 0 Å². The van der Waals surface area contributed by atoms with Crippen molar-refractivity contribution in [1.82, 2.24) is 39.0 Å². The van der Waals surface area contributed by atoms with E-state index in [4.69, 9.17) is 38.7 Å². The lowest BCUT2D eigenvalue weighted by Crippen LogP contribution is -2.00. The van der Waals surface area contributed by atoms with Crippen LogP contribution in [-0.4, -0.2) is 39.0 Å². The summed E-state index contributed by atoms with van der Waals surface area (Å²) >= 11 is 0. The fraction of sp³-hybridized carbons (Fsp3) is 0. The number of hydrogen-bond acceptors (Lipinski definition) is 8. The lowest BCUT2D eigenvalue weighted by molar-refractivity contribution is 0.670. The molecule has 0 amide bonds. The highest BCUT2D eigenvalue weighted by atomic mass is 16.3. The van der Waals surface area contributed by atoms with Gasteiger partial charge in [0.05, 0.1) is 22.1 Å². The highest BCUT2D eigenvalue weighted by Crippen LogP contribution is 2.45. The first-order chi connectivity index (χ1) is 55.5. The highest BCUT2D eigenvalue weighted by Gasteiger charge is 2.23. The molecule has 0 saturated heterocycles. The highest BCUT2D eigenvalue weighted by molar-refractivity contribution is 6.16. The first-order valence-corrected chi connectivity index (χ1v) is 37.5. The van der Waals surface area contributed by atoms with Gasteiger partial charge in [0.15, 0.2) is 34.9 Å². The maximum atomic E-state index is 6.81. The summed E-state index contributed by atoms with van der Waals surface area (Å²) in [7, 11) is 0. The molecule has 6 heterocycles. The molecule has 0 N–H and O–H groups in total. The monoisotopic (exact) mass is 1430 g/mol. The lowest BCUT2D eigenvalue weighted by atomic mass is 9.99. The Morgan fingerprint density at radius 1 is 0.170 bits per heavy atom. The van der Waals surface area contributed by atoms with Crippen LogP contribution in [0.15, 0.2) is 397 Å². The van der Waals surface area contributed by atoms with Crippen LogP contribution in [0.4, 0.5) is 0 Å². The fourth-order valence-electron chi connectivity index (χ4n) is 16.0. The van der Waals surface area contributed by atoms with Crippen LogP contribution in [0.3, 0.4) is 0 Å². The van der Waals surface area contributed by atoms with Crippen LogP contribution in [0, 0.1) is 0 Å². The van der Waals surface area contributed by atoms with E-state index in [2.05, 4.69) is 258 Å². The first kappa shape index (κ1) is 65.1. The molecule has 10 nitrogen and oxygen atoms in total. The molecule has 0 aliphatic rings. The molecule has 524 valence electrons. The minimum absolute atomic E-state index is 0.625. The van der Waals surface area contributed by atoms with Crippen molar-refractivity contribution in [2.45, 2.75) is 0 Å². The van der Waals surface area contributed by atoms with E-state index in [9.17, 15) is 0 Å². The molecule has 0 spiro atoms. The largest absolute Gasteiger partial charge is 0.455 e. The van der Waals surface area contributed by atoms with Crippen molar-refractivity contribution in [3.05, 3.63) is 388 Å². The van der Waals surface area contributed by atoms with E-state index < -0.39 is 0 Å². The quantitative estimate of drug-likeness (QED) is 0.119. The van der Waals surface area contributed by atoms with Crippen molar-refractivity contribution in [3.8, 4) is 124 Å². The number of hydrogen-bond donors (Lipinski definition) is 0. The molecule has 0 radical (unpaired) electrons. The van der Waals surface area contributed by atoms with Crippen molar-refractivity contribution in [1.29, 1.82) is 0 Å². The number of fused-ring (bicyclic) bond motifs is 12. The fourth-order valence-corrected chi connectivity index (χ4v) is 16.0. The maximum Gasteiger partial charge on any atom is 0.164 e. The average Bonchev–Trinajstić information content (AvgIpc) is 1.58. The predicted octanol–water partition coefficient (Wildman–Crippen LogP) is 26.4. The van der Waals surface area contributed by atoms with Crippen molar-refractivity contribution >= 4 is 87.5 Å². The minimum Gasteiger partial charge on any atom is -0.455 e. The van der Waals surface area contributed by atoms with Gasteiger partial charge in [-0.1, -0.05) is 303 Å². The van der Waals surface area contributed by atoms with Crippen molar-refractivity contribution in [2.24, 2.45) is 0 Å². The molecule has 10 heteroatoms. The van der Waals surface area contributed by atoms with E-state index in [-0.39, 0.29) is 0 Å². The van der Waals surface area contributed by atoms with Crippen LogP contribution in [0.1, 0.15) is 0 Å². The molecule has 22 aromatic rings. The standard InChI is InChI=1S/2C51H32N4O/c1-4-14-33(15-5-1)39-21-12-23-43-44-24-13-22-40(48(44)56-47(39)43)37-28-31-42-41-20-10-11-25-45(41)55(46(42)32-37)38-29-26-36(27-30-38)51-53-49(34-16-6-2-7-17-34)52-50(54-51)35-18-8-3-9-19-35;1-4-13-33(14-5-1)37-26-30-45-44(31-37)41-29-25-38(40-20-12-21-43-42-19-10-11-22-47(42)56-48(40)43)32-46(41)55(45)39-27-23-36(24-28-39)51-53-49(34-15-6-2-7-16-34)52-50(54-51)35-17-8-3-9-18-35/h2*1-32H. The first-order valence-electron chi connectivity index (χ1n) is 37.5. The van der Waals surface area contributed by atoms with Gasteiger partial charge in [0.1, 0.15) is 22.3 Å². The number of nitrogens with zero attached hydrogens (tertiary/aromatic N) is 8. The van der Waals surface area contributed by atoms with Crippen LogP contribution >= 0.6 is 0 Å². The second kappa shape index (κ2) is 27.5. The molecule has 0 atom stereocenters. The van der Waals surface area contributed by atoms with Gasteiger partial charge in [-0.25, -0.2) is 29.9 Å². The zero-order valence-electron chi connectivity index (χ0n) is 60.3. The van der Waals surface area contributed by atoms with E-state index >= 15 is 0 Å².